The summed E-state index contributed by atoms with van der Waals surface area (Å²) in [4.78, 5) is 22.2. The van der Waals surface area contributed by atoms with Gasteiger partial charge in [-0.3, -0.25) is 4.79 Å². The predicted molar refractivity (Wildman–Crippen MR) is 102 cm³/mol. The molecule has 1 unspecified atom stereocenters. The van der Waals surface area contributed by atoms with E-state index in [1.807, 2.05) is 36.2 Å². The summed E-state index contributed by atoms with van der Waals surface area (Å²) in [6.07, 6.45) is 5.15. The summed E-state index contributed by atoms with van der Waals surface area (Å²) < 4.78 is 5.75. The van der Waals surface area contributed by atoms with Gasteiger partial charge in [0.05, 0.1) is 6.61 Å². The van der Waals surface area contributed by atoms with Gasteiger partial charge in [0.15, 0.2) is 6.23 Å². The average Bonchev–Trinajstić information content (AvgIpc) is 2.97. The molecular formula is C18H20N4O3S. The molecule has 136 valence electrons. The lowest BCUT2D eigenvalue weighted by atomic mass is 10.2. The molecule has 26 heavy (non-hydrogen) atoms. The van der Waals surface area contributed by atoms with Gasteiger partial charge in [-0.2, -0.15) is 0 Å². The van der Waals surface area contributed by atoms with Crippen molar-refractivity contribution < 1.29 is 14.6 Å². The molecule has 3 rings (SSSR count). The number of thioether (sulfide) groups is 1. The largest absolute Gasteiger partial charge is 0.494 e. The first kappa shape index (κ1) is 18.2. The summed E-state index contributed by atoms with van der Waals surface area (Å²) in [6, 6.07) is 9.32. The molecule has 2 N–H and O–H groups in total. The minimum Gasteiger partial charge on any atom is -0.494 e. The van der Waals surface area contributed by atoms with Crippen LogP contribution in [0, 0.1) is 0 Å². The van der Waals surface area contributed by atoms with Gasteiger partial charge in [0.1, 0.15) is 5.75 Å². The summed E-state index contributed by atoms with van der Waals surface area (Å²) >= 11 is 1.01. The smallest absolute Gasteiger partial charge is 0.285 e. The van der Waals surface area contributed by atoms with E-state index < -0.39 is 6.23 Å². The number of rotatable bonds is 7. The van der Waals surface area contributed by atoms with Crippen LogP contribution in [0.15, 0.2) is 47.6 Å². The number of nitrogens with one attached hydrogen (secondary N) is 1. The van der Waals surface area contributed by atoms with Gasteiger partial charge in [0, 0.05) is 30.9 Å². The van der Waals surface area contributed by atoms with Gasteiger partial charge in [-0.25, -0.2) is 9.97 Å². The van der Waals surface area contributed by atoms with Gasteiger partial charge in [0.25, 0.3) is 5.24 Å². The molecule has 1 atom stereocenters. The van der Waals surface area contributed by atoms with Crippen molar-refractivity contribution in [3.8, 4) is 5.75 Å². The van der Waals surface area contributed by atoms with Gasteiger partial charge < -0.3 is 20.1 Å². The van der Waals surface area contributed by atoms with Crippen LogP contribution in [0.25, 0.3) is 6.08 Å². The monoisotopic (exact) mass is 372 g/mol. The molecule has 0 saturated carbocycles. The summed E-state index contributed by atoms with van der Waals surface area (Å²) in [5.74, 6) is 1.48. The fraction of sp³-hybridized carbons (Fsp3) is 0.278. The van der Waals surface area contributed by atoms with E-state index in [1.165, 1.54) is 0 Å². The maximum atomic E-state index is 11.2. The Kier molecular flexibility index (Phi) is 6.08. The number of carbonyl (C=O) groups excluding carboxylic acids is 1. The number of nitrogens with zero attached hydrogens (tertiary/aromatic N) is 3. The van der Waals surface area contributed by atoms with E-state index in [0.29, 0.717) is 17.5 Å². The molecule has 0 aliphatic carbocycles. The molecule has 1 aliphatic heterocycles. The Morgan fingerprint density at radius 1 is 1.31 bits per heavy atom. The minimum atomic E-state index is -0.922. The first-order valence-electron chi connectivity index (χ1n) is 8.21. The van der Waals surface area contributed by atoms with E-state index in [0.717, 1.165) is 36.0 Å². The van der Waals surface area contributed by atoms with Crippen LogP contribution < -0.4 is 15.0 Å². The van der Waals surface area contributed by atoms with Gasteiger partial charge in [-0.15, -0.1) is 0 Å². The number of aromatic nitrogens is 2. The molecule has 2 heterocycles. The Labute approximate surface area is 156 Å². The molecule has 0 bridgehead atoms. The van der Waals surface area contributed by atoms with Crippen molar-refractivity contribution >= 4 is 29.0 Å². The number of carbonyl (C=O) groups is 1. The first-order valence-corrected chi connectivity index (χ1v) is 9.02. The summed E-state index contributed by atoms with van der Waals surface area (Å²) in [6.45, 7) is 1.38. The third-order valence-corrected chi connectivity index (χ3v) is 4.60. The van der Waals surface area contributed by atoms with E-state index in [-0.39, 0.29) is 5.24 Å². The molecule has 1 saturated heterocycles. The number of amides is 1. The molecule has 8 heteroatoms. The standard InChI is InChI=1S/C18H20N4O3S/c1-22(17-19-8-2-9-20-17)10-3-11-25-14-6-4-13(5-7-14)12-15-16(23)21-18(24)26-15/h2,4-9,12,16,23H,3,10-11H2,1H3,(H,21,24). The van der Waals surface area contributed by atoms with Crippen molar-refractivity contribution in [1.82, 2.24) is 15.3 Å². The Balaban J connectivity index is 1.45. The number of ether oxygens (including phenoxy) is 1. The van der Waals surface area contributed by atoms with E-state index in [2.05, 4.69) is 15.3 Å². The molecule has 0 spiro atoms. The van der Waals surface area contributed by atoms with Gasteiger partial charge in [-0.1, -0.05) is 12.1 Å². The molecule has 1 amide bonds. The SMILES string of the molecule is CN(CCCOc1ccc(C=C2SC(=O)NC2O)cc1)c1ncccn1. The van der Waals surface area contributed by atoms with Crippen molar-refractivity contribution in [2.75, 3.05) is 25.1 Å². The highest BCUT2D eigenvalue weighted by molar-refractivity contribution is 8.17. The fourth-order valence-corrected chi connectivity index (χ4v) is 3.14. The van der Waals surface area contributed by atoms with Gasteiger partial charge in [-0.05, 0) is 48.0 Å². The maximum absolute atomic E-state index is 11.2. The fourth-order valence-electron chi connectivity index (χ4n) is 2.39. The van der Waals surface area contributed by atoms with Gasteiger partial charge in [0.2, 0.25) is 5.95 Å². The molecule has 1 fully saturated rings. The molecule has 1 aliphatic rings. The van der Waals surface area contributed by atoms with Crippen LogP contribution >= 0.6 is 11.8 Å². The Morgan fingerprint density at radius 3 is 2.69 bits per heavy atom. The van der Waals surface area contributed by atoms with Crippen LogP contribution in [0.5, 0.6) is 5.75 Å². The lowest BCUT2D eigenvalue weighted by molar-refractivity contribution is 0.192. The summed E-state index contributed by atoms with van der Waals surface area (Å²) in [5, 5.41) is 11.9. The zero-order chi connectivity index (χ0) is 18.4. The average molecular weight is 372 g/mol. The topological polar surface area (TPSA) is 87.6 Å². The van der Waals surface area contributed by atoms with E-state index in [9.17, 15) is 9.90 Å². The molecule has 1 aromatic heterocycles. The second kappa shape index (κ2) is 8.68. The first-order chi connectivity index (χ1) is 12.6. The Bertz CT molecular complexity index is 768. The summed E-state index contributed by atoms with van der Waals surface area (Å²) in [7, 11) is 1.95. The van der Waals surface area contributed by atoms with Crippen LogP contribution in [0.1, 0.15) is 12.0 Å². The Morgan fingerprint density at radius 2 is 2.04 bits per heavy atom. The zero-order valence-corrected chi connectivity index (χ0v) is 15.1. The van der Waals surface area contributed by atoms with Crippen LogP contribution in [0.2, 0.25) is 0 Å². The zero-order valence-electron chi connectivity index (χ0n) is 14.3. The normalized spacial score (nSPS) is 18.0. The quantitative estimate of drug-likeness (QED) is 0.722. The molecule has 0 radical (unpaired) electrons. The predicted octanol–water partition coefficient (Wildman–Crippen LogP) is 2.50. The van der Waals surface area contributed by atoms with Crippen molar-refractivity contribution in [3.63, 3.8) is 0 Å². The Hall–Kier alpha value is -2.58. The van der Waals surface area contributed by atoms with Crippen molar-refractivity contribution in [3.05, 3.63) is 53.2 Å². The third-order valence-electron chi connectivity index (χ3n) is 3.72. The van der Waals surface area contributed by atoms with Crippen LogP contribution in [-0.2, 0) is 0 Å². The van der Waals surface area contributed by atoms with Gasteiger partial charge >= 0.3 is 0 Å². The maximum Gasteiger partial charge on any atom is 0.285 e. The summed E-state index contributed by atoms with van der Waals surface area (Å²) in [5.41, 5.74) is 0.899. The van der Waals surface area contributed by atoms with Crippen molar-refractivity contribution in [2.45, 2.75) is 12.6 Å². The van der Waals surface area contributed by atoms with Crippen LogP contribution in [0.3, 0.4) is 0 Å². The second-order valence-corrected chi connectivity index (χ2v) is 6.77. The second-order valence-electron chi connectivity index (χ2n) is 5.72. The number of anilines is 1. The van der Waals surface area contributed by atoms with Crippen LogP contribution in [0.4, 0.5) is 10.7 Å². The molecule has 2 aromatic rings. The van der Waals surface area contributed by atoms with E-state index >= 15 is 0 Å². The highest BCUT2D eigenvalue weighted by Crippen LogP contribution is 2.28. The molecule has 7 nitrogen and oxygen atoms in total. The number of hydrogen-bond acceptors (Lipinski definition) is 7. The molecule has 1 aromatic carbocycles. The number of benzene rings is 1. The number of hydrogen-bond donors (Lipinski definition) is 2. The molecular weight excluding hydrogens is 352 g/mol. The minimum absolute atomic E-state index is 0.241. The third kappa shape index (κ3) is 4.96. The number of aliphatic hydroxyl groups excluding tert-OH is 1. The lowest BCUT2D eigenvalue weighted by Gasteiger charge is -2.16. The number of aliphatic hydroxyl groups is 1. The highest BCUT2D eigenvalue weighted by Gasteiger charge is 2.25. The van der Waals surface area contributed by atoms with Crippen molar-refractivity contribution in [1.29, 1.82) is 0 Å². The van der Waals surface area contributed by atoms with Crippen molar-refractivity contribution in [2.24, 2.45) is 0 Å². The highest BCUT2D eigenvalue weighted by atomic mass is 32.2. The van der Waals surface area contributed by atoms with Crippen LogP contribution in [-0.4, -0.2) is 46.7 Å². The lowest BCUT2D eigenvalue weighted by Crippen LogP contribution is -2.24. The van der Waals surface area contributed by atoms with E-state index in [4.69, 9.17) is 4.74 Å². The van der Waals surface area contributed by atoms with E-state index in [1.54, 1.807) is 24.5 Å².